The zero-order valence-electron chi connectivity index (χ0n) is 19.4. The van der Waals surface area contributed by atoms with E-state index in [0.29, 0.717) is 22.5 Å². The summed E-state index contributed by atoms with van der Waals surface area (Å²) in [5.74, 6) is -0.581. The highest BCUT2D eigenvalue weighted by atomic mass is 16.5. The Labute approximate surface area is 199 Å². The molecule has 1 aromatic heterocycles. The molecule has 1 amide bonds. The number of aromatic nitrogens is 1. The lowest BCUT2D eigenvalue weighted by atomic mass is 10.1. The predicted octanol–water partition coefficient (Wildman–Crippen LogP) is 4.48. The van der Waals surface area contributed by atoms with Crippen LogP contribution in [0.1, 0.15) is 51.2 Å². The number of rotatable bonds is 7. The molecule has 1 aliphatic heterocycles. The van der Waals surface area contributed by atoms with Gasteiger partial charge in [0.25, 0.3) is 5.91 Å². The number of benzene rings is 2. The van der Waals surface area contributed by atoms with Crippen LogP contribution in [0.2, 0.25) is 0 Å². The van der Waals surface area contributed by atoms with E-state index >= 15 is 0 Å². The van der Waals surface area contributed by atoms with Gasteiger partial charge in [0.1, 0.15) is 0 Å². The van der Waals surface area contributed by atoms with Crippen LogP contribution in [-0.2, 0) is 17.6 Å². The van der Waals surface area contributed by atoms with Gasteiger partial charge in [-0.3, -0.25) is 9.78 Å². The Morgan fingerprint density at radius 1 is 1.00 bits per heavy atom. The largest absolute Gasteiger partial charge is 0.465 e. The molecule has 3 aromatic rings. The van der Waals surface area contributed by atoms with Crippen molar-refractivity contribution in [3.05, 3.63) is 83.2 Å². The number of ether oxygens (including phenoxy) is 1. The van der Waals surface area contributed by atoms with Gasteiger partial charge >= 0.3 is 5.97 Å². The minimum atomic E-state index is -0.342. The first kappa shape index (κ1) is 23.3. The van der Waals surface area contributed by atoms with Crippen LogP contribution >= 0.6 is 0 Å². The molecule has 1 fully saturated rings. The number of nitrogen functional groups attached to an aromatic ring is 1. The second-order valence-corrected chi connectivity index (χ2v) is 8.50. The average Bonchev–Trinajstić information content (AvgIpc) is 2.89. The number of anilines is 3. The van der Waals surface area contributed by atoms with Crippen LogP contribution in [-0.4, -0.2) is 37.1 Å². The predicted molar refractivity (Wildman–Crippen MR) is 134 cm³/mol. The van der Waals surface area contributed by atoms with E-state index in [9.17, 15) is 9.59 Å². The van der Waals surface area contributed by atoms with E-state index < -0.39 is 0 Å². The van der Waals surface area contributed by atoms with E-state index in [2.05, 4.69) is 15.2 Å². The summed E-state index contributed by atoms with van der Waals surface area (Å²) in [6, 6.07) is 16.8. The standard InChI is InChI=1S/C27H30N4O3/c1-34-27(33)20-8-5-19(6-9-20)7-10-21-11-12-22(18-29-21)30-26(32)24-17-23(13-14-25(24)28)31-15-3-2-4-16-31/h5-6,8-9,11-14,17-18H,2-4,7,10,15-16,28H2,1H3,(H,30,32). The molecule has 3 N–H and O–H groups in total. The summed E-state index contributed by atoms with van der Waals surface area (Å²) in [5.41, 5.74) is 11.3. The second kappa shape index (κ2) is 10.8. The van der Waals surface area contributed by atoms with Crippen molar-refractivity contribution in [2.45, 2.75) is 32.1 Å². The van der Waals surface area contributed by atoms with Gasteiger partial charge < -0.3 is 20.7 Å². The fraction of sp³-hybridized carbons (Fsp3) is 0.296. The van der Waals surface area contributed by atoms with Crippen LogP contribution in [0, 0.1) is 0 Å². The van der Waals surface area contributed by atoms with Gasteiger partial charge in [-0.15, -0.1) is 0 Å². The van der Waals surface area contributed by atoms with Gasteiger partial charge in [-0.1, -0.05) is 12.1 Å². The van der Waals surface area contributed by atoms with Crippen LogP contribution in [0.4, 0.5) is 17.1 Å². The number of nitrogens with one attached hydrogen (secondary N) is 1. The summed E-state index contributed by atoms with van der Waals surface area (Å²) < 4.78 is 4.72. The van der Waals surface area contributed by atoms with Gasteiger partial charge in [-0.2, -0.15) is 0 Å². The number of pyridine rings is 1. The maximum absolute atomic E-state index is 12.9. The van der Waals surface area contributed by atoms with Crippen molar-refractivity contribution in [2.75, 3.05) is 36.1 Å². The average molecular weight is 459 g/mol. The number of hydrogen-bond donors (Lipinski definition) is 2. The number of aryl methyl sites for hydroxylation is 2. The molecular formula is C27H30N4O3. The summed E-state index contributed by atoms with van der Waals surface area (Å²) in [4.78, 5) is 31.2. The van der Waals surface area contributed by atoms with Crippen LogP contribution in [0.25, 0.3) is 0 Å². The van der Waals surface area contributed by atoms with E-state index in [-0.39, 0.29) is 11.9 Å². The molecule has 1 saturated heterocycles. The Hall–Kier alpha value is -3.87. The molecule has 0 radical (unpaired) electrons. The summed E-state index contributed by atoms with van der Waals surface area (Å²) in [6.45, 7) is 2.01. The van der Waals surface area contributed by atoms with E-state index in [4.69, 9.17) is 10.5 Å². The number of esters is 1. The third-order valence-electron chi connectivity index (χ3n) is 6.13. The SMILES string of the molecule is COC(=O)c1ccc(CCc2ccc(NC(=O)c3cc(N4CCCCC4)ccc3N)cn2)cc1. The van der Waals surface area contributed by atoms with Gasteiger partial charge in [0.2, 0.25) is 0 Å². The van der Waals surface area contributed by atoms with Crippen molar-refractivity contribution in [3.8, 4) is 0 Å². The number of piperidine rings is 1. The van der Waals surface area contributed by atoms with Gasteiger partial charge in [0.05, 0.1) is 30.1 Å². The number of carbonyl (C=O) groups is 2. The maximum Gasteiger partial charge on any atom is 0.337 e. The molecule has 7 nitrogen and oxygen atoms in total. The quantitative estimate of drug-likeness (QED) is 0.400. The lowest BCUT2D eigenvalue weighted by Crippen LogP contribution is -2.29. The molecule has 2 heterocycles. The molecule has 0 saturated carbocycles. The number of methoxy groups -OCH3 is 1. The lowest BCUT2D eigenvalue weighted by Gasteiger charge is -2.29. The van der Waals surface area contributed by atoms with Gasteiger partial charge in [0.15, 0.2) is 0 Å². The second-order valence-electron chi connectivity index (χ2n) is 8.50. The van der Waals surface area contributed by atoms with Crippen molar-refractivity contribution >= 4 is 28.9 Å². The number of hydrogen-bond acceptors (Lipinski definition) is 6. The summed E-state index contributed by atoms with van der Waals surface area (Å²) in [5, 5.41) is 2.91. The summed E-state index contributed by atoms with van der Waals surface area (Å²) in [7, 11) is 1.37. The molecule has 2 aromatic carbocycles. The fourth-order valence-corrected chi connectivity index (χ4v) is 4.13. The van der Waals surface area contributed by atoms with E-state index in [0.717, 1.165) is 42.9 Å². The van der Waals surface area contributed by atoms with Crippen molar-refractivity contribution in [3.63, 3.8) is 0 Å². The Kier molecular flexibility index (Phi) is 7.42. The van der Waals surface area contributed by atoms with Crippen LogP contribution < -0.4 is 16.0 Å². The molecule has 0 bridgehead atoms. The molecule has 0 aliphatic carbocycles. The number of amides is 1. The van der Waals surface area contributed by atoms with Crippen molar-refractivity contribution in [2.24, 2.45) is 0 Å². The molecule has 1 aliphatic rings. The zero-order valence-corrected chi connectivity index (χ0v) is 19.4. The minimum absolute atomic E-state index is 0.239. The molecule has 0 unspecified atom stereocenters. The molecule has 176 valence electrons. The van der Waals surface area contributed by atoms with Gasteiger partial charge in [0, 0.05) is 30.2 Å². The Morgan fingerprint density at radius 2 is 1.76 bits per heavy atom. The Bertz CT molecular complexity index is 1140. The normalized spacial score (nSPS) is 13.4. The van der Waals surface area contributed by atoms with E-state index in [1.165, 1.54) is 26.4 Å². The third-order valence-corrected chi connectivity index (χ3v) is 6.13. The minimum Gasteiger partial charge on any atom is -0.465 e. The zero-order chi connectivity index (χ0) is 23.9. The smallest absolute Gasteiger partial charge is 0.337 e. The summed E-state index contributed by atoms with van der Waals surface area (Å²) in [6.07, 6.45) is 6.80. The van der Waals surface area contributed by atoms with E-state index in [1.807, 2.05) is 36.4 Å². The van der Waals surface area contributed by atoms with Gasteiger partial charge in [-0.05, 0) is 80.1 Å². The van der Waals surface area contributed by atoms with Crippen molar-refractivity contribution < 1.29 is 14.3 Å². The highest BCUT2D eigenvalue weighted by Gasteiger charge is 2.16. The third kappa shape index (κ3) is 5.73. The van der Waals surface area contributed by atoms with Crippen molar-refractivity contribution in [1.29, 1.82) is 0 Å². The molecule has 7 heteroatoms. The summed E-state index contributed by atoms with van der Waals surface area (Å²) >= 11 is 0. The topological polar surface area (TPSA) is 97.5 Å². The molecule has 0 atom stereocenters. The highest BCUT2D eigenvalue weighted by Crippen LogP contribution is 2.25. The number of nitrogens with two attached hydrogens (primary N) is 1. The molecule has 0 spiro atoms. The molecular weight excluding hydrogens is 428 g/mol. The first-order chi connectivity index (χ1) is 16.5. The highest BCUT2D eigenvalue weighted by molar-refractivity contribution is 6.08. The van der Waals surface area contributed by atoms with Gasteiger partial charge in [-0.25, -0.2) is 4.79 Å². The number of nitrogens with zero attached hydrogens (tertiary/aromatic N) is 2. The fourth-order valence-electron chi connectivity index (χ4n) is 4.13. The van der Waals surface area contributed by atoms with Crippen LogP contribution in [0.3, 0.4) is 0 Å². The molecule has 34 heavy (non-hydrogen) atoms. The van der Waals surface area contributed by atoms with Crippen LogP contribution in [0.5, 0.6) is 0 Å². The molecule has 4 rings (SSSR count). The Morgan fingerprint density at radius 3 is 2.44 bits per heavy atom. The number of carbonyl (C=O) groups excluding carboxylic acids is 2. The van der Waals surface area contributed by atoms with E-state index in [1.54, 1.807) is 24.4 Å². The Balaban J connectivity index is 1.35. The first-order valence-electron chi connectivity index (χ1n) is 11.6. The monoisotopic (exact) mass is 458 g/mol. The maximum atomic E-state index is 12.9. The van der Waals surface area contributed by atoms with Crippen molar-refractivity contribution in [1.82, 2.24) is 4.98 Å². The van der Waals surface area contributed by atoms with Crippen LogP contribution in [0.15, 0.2) is 60.8 Å². The lowest BCUT2D eigenvalue weighted by molar-refractivity contribution is 0.0600. The first-order valence-corrected chi connectivity index (χ1v) is 11.6.